The molecule has 3 aromatic rings. The SMILES string of the molecule is CC[C@H](Oc1ccccc1Cl)C(=O)Nc1nnc(SCc2ccccc2)s1. The Balaban J connectivity index is 1.56. The zero-order valence-electron chi connectivity index (χ0n) is 14.6. The van der Waals surface area contributed by atoms with Crippen molar-refractivity contribution in [3.63, 3.8) is 0 Å². The molecule has 0 saturated carbocycles. The van der Waals surface area contributed by atoms with Crippen LogP contribution in [-0.4, -0.2) is 22.2 Å². The number of ether oxygens (including phenoxy) is 1. The number of halogens is 1. The third kappa shape index (κ3) is 5.69. The average molecular weight is 420 g/mol. The molecule has 1 atom stereocenters. The summed E-state index contributed by atoms with van der Waals surface area (Å²) >= 11 is 9.03. The summed E-state index contributed by atoms with van der Waals surface area (Å²) in [7, 11) is 0. The molecule has 0 spiro atoms. The number of nitrogens with zero attached hydrogens (tertiary/aromatic N) is 2. The molecule has 140 valence electrons. The van der Waals surface area contributed by atoms with Crippen molar-refractivity contribution in [1.29, 1.82) is 0 Å². The van der Waals surface area contributed by atoms with Crippen molar-refractivity contribution in [2.24, 2.45) is 0 Å². The summed E-state index contributed by atoms with van der Waals surface area (Å²) in [5.74, 6) is 1.02. The van der Waals surface area contributed by atoms with Crippen LogP contribution in [0.1, 0.15) is 18.9 Å². The highest BCUT2D eigenvalue weighted by molar-refractivity contribution is 8.00. The second-order valence-electron chi connectivity index (χ2n) is 5.58. The fourth-order valence-corrected chi connectivity index (χ4v) is 4.13. The molecule has 27 heavy (non-hydrogen) atoms. The van der Waals surface area contributed by atoms with Gasteiger partial charge >= 0.3 is 0 Å². The molecule has 1 N–H and O–H groups in total. The lowest BCUT2D eigenvalue weighted by atomic mass is 10.2. The Hall–Kier alpha value is -2.09. The first-order valence-electron chi connectivity index (χ1n) is 8.38. The largest absolute Gasteiger partial charge is 0.479 e. The van der Waals surface area contributed by atoms with Crippen LogP contribution < -0.4 is 10.1 Å². The van der Waals surface area contributed by atoms with Crippen LogP contribution in [0.2, 0.25) is 5.02 Å². The van der Waals surface area contributed by atoms with Crippen LogP contribution in [0.15, 0.2) is 58.9 Å². The second kappa shape index (κ2) is 9.73. The van der Waals surface area contributed by atoms with Gasteiger partial charge < -0.3 is 4.74 Å². The van der Waals surface area contributed by atoms with Crippen LogP contribution in [0, 0.1) is 0 Å². The summed E-state index contributed by atoms with van der Waals surface area (Å²) in [4.78, 5) is 12.5. The van der Waals surface area contributed by atoms with E-state index in [2.05, 4.69) is 27.6 Å². The van der Waals surface area contributed by atoms with E-state index in [9.17, 15) is 4.79 Å². The number of aromatic nitrogens is 2. The lowest BCUT2D eigenvalue weighted by Gasteiger charge is -2.17. The number of para-hydroxylation sites is 1. The number of rotatable bonds is 8. The van der Waals surface area contributed by atoms with E-state index in [1.165, 1.54) is 16.9 Å². The standard InChI is InChI=1S/C19H18ClN3O2S2/c1-2-15(25-16-11-7-6-10-14(16)20)17(24)21-18-22-23-19(27-18)26-12-13-8-4-3-5-9-13/h3-11,15H,2,12H2,1H3,(H,21,22,24)/t15-/m0/s1. The highest BCUT2D eigenvalue weighted by atomic mass is 35.5. The summed E-state index contributed by atoms with van der Waals surface area (Å²) in [5, 5.41) is 11.9. The summed E-state index contributed by atoms with van der Waals surface area (Å²) in [6.45, 7) is 1.88. The van der Waals surface area contributed by atoms with Gasteiger partial charge in [-0.25, -0.2) is 0 Å². The minimum atomic E-state index is -0.658. The highest BCUT2D eigenvalue weighted by Gasteiger charge is 2.21. The van der Waals surface area contributed by atoms with Gasteiger partial charge in [-0.15, -0.1) is 10.2 Å². The summed E-state index contributed by atoms with van der Waals surface area (Å²) in [5.41, 5.74) is 1.21. The van der Waals surface area contributed by atoms with Gasteiger partial charge in [0.25, 0.3) is 5.91 Å². The molecule has 0 radical (unpaired) electrons. The first-order chi connectivity index (χ1) is 13.2. The van der Waals surface area contributed by atoms with Crippen molar-refractivity contribution in [3.05, 3.63) is 65.2 Å². The Labute approximate surface area is 171 Å². The Kier molecular flexibility index (Phi) is 7.09. The predicted molar refractivity (Wildman–Crippen MR) is 111 cm³/mol. The van der Waals surface area contributed by atoms with E-state index in [4.69, 9.17) is 16.3 Å². The topological polar surface area (TPSA) is 64.1 Å². The predicted octanol–water partition coefficient (Wildman–Crippen LogP) is 5.28. The lowest BCUT2D eigenvalue weighted by Crippen LogP contribution is -2.32. The van der Waals surface area contributed by atoms with E-state index in [0.717, 1.165) is 10.1 Å². The van der Waals surface area contributed by atoms with Gasteiger partial charge in [0, 0.05) is 5.75 Å². The molecule has 0 unspecified atom stereocenters. The van der Waals surface area contributed by atoms with Crippen molar-refractivity contribution < 1.29 is 9.53 Å². The zero-order valence-corrected chi connectivity index (χ0v) is 17.0. The van der Waals surface area contributed by atoms with Crippen LogP contribution in [0.3, 0.4) is 0 Å². The molecule has 1 amide bonds. The zero-order chi connectivity index (χ0) is 19.1. The quantitative estimate of drug-likeness (QED) is 0.397. The van der Waals surface area contributed by atoms with Gasteiger partial charge in [-0.05, 0) is 24.1 Å². The van der Waals surface area contributed by atoms with Crippen molar-refractivity contribution >= 4 is 45.7 Å². The maximum Gasteiger partial charge on any atom is 0.267 e. The van der Waals surface area contributed by atoms with Gasteiger partial charge in [0.15, 0.2) is 10.4 Å². The number of benzene rings is 2. The van der Waals surface area contributed by atoms with Crippen LogP contribution >= 0.6 is 34.7 Å². The monoisotopic (exact) mass is 419 g/mol. The molecule has 1 heterocycles. The van der Waals surface area contributed by atoms with E-state index in [1.807, 2.05) is 37.3 Å². The van der Waals surface area contributed by atoms with Gasteiger partial charge in [-0.3, -0.25) is 10.1 Å². The number of nitrogens with one attached hydrogen (secondary N) is 1. The van der Waals surface area contributed by atoms with Gasteiger partial charge in [-0.1, -0.05) is 84.1 Å². The summed E-state index contributed by atoms with van der Waals surface area (Å²) in [6, 6.07) is 17.2. The van der Waals surface area contributed by atoms with Crippen LogP contribution in [0.25, 0.3) is 0 Å². The van der Waals surface area contributed by atoms with Crippen LogP contribution in [-0.2, 0) is 10.5 Å². The molecule has 5 nitrogen and oxygen atoms in total. The van der Waals surface area contributed by atoms with Crippen molar-refractivity contribution in [2.75, 3.05) is 5.32 Å². The molecule has 8 heteroatoms. The third-order valence-electron chi connectivity index (χ3n) is 3.61. The number of hydrogen-bond acceptors (Lipinski definition) is 6. The number of amides is 1. The molecular weight excluding hydrogens is 402 g/mol. The molecule has 0 bridgehead atoms. The van der Waals surface area contributed by atoms with E-state index in [0.29, 0.717) is 22.3 Å². The number of carbonyl (C=O) groups is 1. The van der Waals surface area contributed by atoms with Crippen LogP contribution in [0.4, 0.5) is 5.13 Å². The summed E-state index contributed by atoms with van der Waals surface area (Å²) in [6.07, 6.45) is -0.153. The smallest absolute Gasteiger partial charge is 0.267 e. The Morgan fingerprint density at radius 2 is 1.93 bits per heavy atom. The van der Waals surface area contributed by atoms with E-state index < -0.39 is 6.10 Å². The first kappa shape index (κ1) is 19.7. The van der Waals surface area contributed by atoms with Gasteiger partial charge in [-0.2, -0.15) is 0 Å². The molecule has 0 aliphatic carbocycles. The fraction of sp³-hybridized carbons (Fsp3) is 0.211. The van der Waals surface area contributed by atoms with E-state index >= 15 is 0 Å². The Morgan fingerprint density at radius 3 is 2.67 bits per heavy atom. The third-order valence-corrected chi connectivity index (χ3v) is 5.97. The van der Waals surface area contributed by atoms with Crippen molar-refractivity contribution in [3.8, 4) is 5.75 Å². The molecule has 2 aromatic carbocycles. The number of thioether (sulfide) groups is 1. The average Bonchev–Trinajstić information content (AvgIpc) is 3.14. The molecule has 0 fully saturated rings. The maximum absolute atomic E-state index is 12.5. The highest BCUT2D eigenvalue weighted by Crippen LogP contribution is 2.29. The fourth-order valence-electron chi connectivity index (χ4n) is 2.24. The normalized spacial score (nSPS) is 11.8. The first-order valence-corrected chi connectivity index (χ1v) is 10.6. The lowest BCUT2D eigenvalue weighted by molar-refractivity contribution is -0.122. The number of carbonyl (C=O) groups excluding carboxylic acids is 1. The molecule has 0 saturated heterocycles. The maximum atomic E-state index is 12.5. The molecular formula is C19H18ClN3O2S2. The Morgan fingerprint density at radius 1 is 1.19 bits per heavy atom. The van der Waals surface area contributed by atoms with Crippen molar-refractivity contribution in [2.45, 2.75) is 29.5 Å². The minimum absolute atomic E-state index is 0.270. The van der Waals surface area contributed by atoms with E-state index in [1.54, 1.807) is 23.9 Å². The Bertz CT molecular complexity index is 889. The number of hydrogen-bond donors (Lipinski definition) is 1. The van der Waals surface area contributed by atoms with E-state index in [-0.39, 0.29) is 5.91 Å². The van der Waals surface area contributed by atoms with Crippen molar-refractivity contribution in [1.82, 2.24) is 10.2 Å². The minimum Gasteiger partial charge on any atom is -0.479 e. The second-order valence-corrected chi connectivity index (χ2v) is 8.19. The van der Waals surface area contributed by atoms with Gasteiger partial charge in [0.2, 0.25) is 5.13 Å². The summed E-state index contributed by atoms with van der Waals surface area (Å²) < 4.78 is 6.55. The molecule has 0 aliphatic rings. The van der Waals surface area contributed by atoms with Crippen LogP contribution in [0.5, 0.6) is 5.75 Å². The molecule has 3 rings (SSSR count). The number of anilines is 1. The molecule has 0 aliphatic heterocycles. The molecule has 1 aromatic heterocycles. The van der Waals surface area contributed by atoms with Gasteiger partial charge in [0.1, 0.15) is 5.75 Å². The van der Waals surface area contributed by atoms with Gasteiger partial charge in [0.05, 0.1) is 5.02 Å².